The molecule has 0 aromatic carbocycles. The van der Waals surface area contributed by atoms with Crippen LogP contribution in [0, 0.1) is 0 Å². The quantitative estimate of drug-likeness (QED) is 0.862. The molecule has 0 bridgehead atoms. The molecular formula is C10H18N4S2. The molecular weight excluding hydrogens is 240 g/mol. The van der Waals surface area contributed by atoms with Gasteiger partial charge in [-0.3, -0.25) is 5.10 Å². The van der Waals surface area contributed by atoms with E-state index in [1.807, 2.05) is 23.5 Å². The molecule has 90 valence electrons. The first-order valence-corrected chi connectivity index (χ1v) is 7.58. The van der Waals surface area contributed by atoms with Crippen LogP contribution in [0.25, 0.3) is 0 Å². The van der Waals surface area contributed by atoms with Crippen LogP contribution in [-0.2, 0) is 6.42 Å². The molecule has 0 aliphatic carbocycles. The van der Waals surface area contributed by atoms with Gasteiger partial charge in [0, 0.05) is 22.7 Å². The van der Waals surface area contributed by atoms with Gasteiger partial charge in [-0.05, 0) is 6.54 Å². The maximum Gasteiger partial charge on any atom is 0.164 e. The summed E-state index contributed by atoms with van der Waals surface area (Å²) < 4.78 is 0. The molecule has 0 saturated carbocycles. The van der Waals surface area contributed by atoms with Gasteiger partial charge in [0.1, 0.15) is 5.82 Å². The van der Waals surface area contributed by atoms with E-state index in [1.165, 1.54) is 0 Å². The lowest BCUT2D eigenvalue weighted by atomic mass is 10.3. The lowest BCUT2D eigenvalue weighted by Gasteiger charge is -2.29. The van der Waals surface area contributed by atoms with Gasteiger partial charge in [0.15, 0.2) is 5.82 Å². The van der Waals surface area contributed by atoms with E-state index in [1.54, 1.807) is 0 Å². The summed E-state index contributed by atoms with van der Waals surface area (Å²) in [5.74, 6) is 2.96. The lowest BCUT2D eigenvalue weighted by molar-refractivity contribution is 0.863. The Hall–Kier alpha value is -0.200. The van der Waals surface area contributed by atoms with Gasteiger partial charge in [-0.25, -0.2) is 4.98 Å². The minimum absolute atomic E-state index is 0.430. The molecule has 1 fully saturated rings. The van der Waals surface area contributed by atoms with Gasteiger partial charge in [-0.2, -0.15) is 16.9 Å². The highest BCUT2D eigenvalue weighted by Gasteiger charge is 2.29. The fraction of sp³-hybridized carbons (Fsp3) is 0.800. The molecule has 1 aromatic rings. The van der Waals surface area contributed by atoms with Crippen molar-refractivity contribution in [2.75, 3.05) is 12.3 Å². The van der Waals surface area contributed by atoms with E-state index in [9.17, 15) is 0 Å². The number of H-pyrrole nitrogens is 1. The molecule has 1 aromatic heterocycles. The van der Waals surface area contributed by atoms with Crippen LogP contribution in [-0.4, -0.2) is 38.0 Å². The molecule has 3 N–H and O–H groups in total. The van der Waals surface area contributed by atoms with Crippen molar-refractivity contribution in [3.05, 3.63) is 11.6 Å². The summed E-state index contributed by atoms with van der Waals surface area (Å²) >= 11 is 3.99. The Balaban J connectivity index is 2.01. The van der Waals surface area contributed by atoms with Crippen LogP contribution in [0.2, 0.25) is 0 Å². The molecule has 2 rings (SSSR count). The Kier molecular flexibility index (Phi) is 4.16. The Bertz CT molecular complexity index is 341. The van der Waals surface area contributed by atoms with Gasteiger partial charge >= 0.3 is 0 Å². The molecule has 1 aliphatic rings. The number of rotatable bonds is 3. The molecule has 1 aliphatic heterocycles. The second-order valence-electron chi connectivity index (χ2n) is 4.05. The van der Waals surface area contributed by atoms with Gasteiger partial charge in [0.2, 0.25) is 0 Å². The second-order valence-corrected chi connectivity index (χ2v) is 7.04. The van der Waals surface area contributed by atoms with Crippen LogP contribution in [0.4, 0.5) is 0 Å². The summed E-state index contributed by atoms with van der Waals surface area (Å²) in [6.45, 7) is 5.19. The van der Waals surface area contributed by atoms with Crippen LogP contribution in [0.1, 0.15) is 30.7 Å². The predicted molar refractivity (Wildman–Crippen MR) is 70.9 cm³/mol. The number of nitrogens with two attached hydrogens (primary N) is 1. The van der Waals surface area contributed by atoms with E-state index in [2.05, 4.69) is 29.0 Å². The number of hydrogen-bond acceptors (Lipinski definition) is 5. The Morgan fingerprint density at radius 2 is 2.25 bits per heavy atom. The Morgan fingerprint density at radius 1 is 1.44 bits per heavy atom. The summed E-state index contributed by atoms with van der Waals surface area (Å²) in [6.07, 6.45) is 0.781. The summed E-state index contributed by atoms with van der Waals surface area (Å²) in [6, 6.07) is 0. The van der Waals surface area contributed by atoms with Crippen LogP contribution < -0.4 is 5.73 Å². The predicted octanol–water partition coefficient (Wildman–Crippen LogP) is 1.60. The first-order chi connectivity index (χ1) is 7.70. The van der Waals surface area contributed by atoms with E-state index in [0.29, 0.717) is 17.0 Å². The van der Waals surface area contributed by atoms with Crippen LogP contribution in [0.15, 0.2) is 0 Å². The van der Waals surface area contributed by atoms with Crippen molar-refractivity contribution in [3.8, 4) is 0 Å². The summed E-state index contributed by atoms with van der Waals surface area (Å²) in [5, 5.41) is 9.08. The number of aromatic amines is 1. The third kappa shape index (κ3) is 2.73. The molecule has 1 saturated heterocycles. The molecule has 0 radical (unpaired) electrons. The Labute approximate surface area is 105 Å². The van der Waals surface area contributed by atoms with E-state index >= 15 is 0 Å². The second kappa shape index (κ2) is 5.42. The fourth-order valence-electron chi connectivity index (χ4n) is 1.62. The number of hydrogen-bond donors (Lipinski definition) is 2. The van der Waals surface area contributed by atoms with Crippen molar-refractivity contribution in [2.24, 2.45) is 5.73 Å². The van der Waals surface area contributed by atoms with Crippen molar-refractivity contribution in [1.82, 2.24) is 15.2 Å². The standard InChI is InChI=1S/C10H18N4S2/c1-6-7(2)16-8(5-15-6)10-12-9(3-4-11)13-14-10/h6-8H,3-5,11H2,1-2H3,(H,12,13,14). The van der Waals surface area contributed by atoms with Gasteiger partial charge in [-0.1, -0.05) is 13.8 Å². The van der Waals surface area contributed by atoms with E-state index in [0.717, 1.165) is 29.1 Å². The topological polar surface area (TPSA) is 67.6 Å². The highest BCUT2D eigenvalue weighted by molar-refractivity contribution is 8.07. The maximum atomic E-state index is 5.49. The molecule has 3 unspecified atom stereocenters. The highest BCUT2D eigenvalue weighted by Crippen LogP contribution is 2.43. The molecule has 4 nitrogen and oxygen atoms in total. The molecule has 3 atom stereocenters. The number of nitrogens with one attached hydrogen (secondary N) is 1. The van der Waals surface area contributed by atoms with Gasteiger partial charge in [0.25, 0.3) is 0 Å². The molecule has 0 amide bonds. The zero-order valence-electron chi connectivity index (χ0n) is 9.64. The molecule has 0 spiro atoms. The van der Waals surface area contributed by atoms with E-state index < -0.39 is 0 Å². The normalized spacial score (nSPS) is 30.6. The van der Waals surface area contributed by atoms with Gasteiger partial charge < -0.3 is 5.73 Å². The third-order valence-electron chi connectivity index (χ3n) is 2.77. The average molecular weight is 258 g/mol. The molecule has 2 heterocycles. The monoisotopic (exact) mass is 258 g/mol. The Morgan fingerprint density at radius 3 is 2.94 bits per heavy atom. The van der Waals surface area contributed by atoms with Gasteiger partial charge in [0.05, 0.1) is 5.25 Å². The highest BCUT2D eigenvalue weighted by atomic mass is 32.2. The average Bonchev–Trinajstić information content (AvgIpc) is 2.71. The zero-order chi connectivity index (χ0) is 11.5. The van der Waals surface area contributed by atoms with Gasteiger partial charge in [-0.15, -0.1) is 11.8 Å². The molecule has 16 heavy (non-hydrogen) atoms. The van der Waals surface area contributed by atoms with Crippen LogP contribution in [0.3, 0.4) is 0 Å². The SMILES string of the molecule is CC1SCC(c2n[nH]c(CCN)n2)SC1C. The first-order valence-electron chi connectivity index (χ1n) is 5.59. The summed E-state index contributed by atoms with van der Waals surface area (Å²) in [7, 11) is 0. The zero-order valence-corrected chi connectivity index (χ0v) is 11.3. The van der Waals surface area contributed by atoms with Crippen molar-refractivity contribution >= 4 is 23.5 Å². The summed E-state index contributed by atoms with van der Waals surface area (Å²) in [5.41, 5.74) is 5.49. The number of nitrogens with zero attached hydrogens (tertiary/aromatic N) is 2. The van der Waals surface area contributed by atoms with E-state index in [-0.39, 0.29) is 0 Å². The largest absolute Gasteiger partial charge is 0.330 e. The summed E-state index contributed by atoms with van der Waals surface area (Å²) in [4.78, 5) is 4.50. The maximum absolute atomic E-state index is 5.49. The van der Waals surface area contributed by atoms with Crippen molar-refractivity contribution in [2.45, 2.75) is 36.0 Å². The van der Waals surface area contributed by atoms with Crippen molar-refractivity contribution in [1.29, 1.82) is 0 Å². The third-order valence-corrected chi connectivity index (χ3v) is 6.16. The lowest BCUT2D eigenvalue weighted by Crippen LogP contribution is -2.22. The first kappa shape index (κ1) is 12.3. The van der Waals surface area contributed by atoms with Crippen LogP contribution >= 0.6 is 23.5 Å². The minimum atomic E-state index is 0.430. The smallest absolute Gasteiger partial charge is 0.164 e. The van der Waals surface area contributed by atoms with Crippen LogP contribution in [0.5, 0.6) is 0 Å². The molecule has 6 heteroatoms. The number of thioether (sulfide) groups is 2. The fourth-order valence-corrected chi connectivity index (χ4v) is 4.46. The minimum Gasteiger partial charge on any atom is -0.330 e. The van der Waals surface area contributed by atoms with Crippen molar-refractivity contribution < 1.29 is 0 Å². The van der Waals surface area contributed by atoms with E-state index in [4.69, 9.17) is 5.73 Å². The van der Waals surface area contributed by atoms with Crippen molar-refractivity contribution in [3.63, 3.8) is 0 Å². The number of aromatic nitrogens is 3.